The molecule has 0 aromatic rings. The third kappa shape index (κ3) is 3.98. The van der Waals surface area contributed by atoms with Crippen molar-refractivity contribution in [3.63, 3.8) is 0 Å². The summed E-state index contributed by atoms with van der Waals surface area (Å²) in [6, 6.07) is -1.06. The maximum Gasteiger partial charge on any atom is 0.454 e. The van der Waals surface area contributed by atoms with Gasteiger partial charge in [-0.2, -0.15) is 0 Å². The fraction of sp³-hybridized carbons (Fsp3) is 0.500. The molecule has 0 rings (SSSR count). The van der Waals surface area contributed by atoms with E-state index in [4.69, 9.17) is 5.21 Å². The molecule has 0 unspecified atom stereocenters. The van der Waals surface area contributed by atoms with Gasteiger partial charge in [0.25, 0.3) is 0 Å². The molecule has 7 nitrogen and oxygen atoms in total. The van der Waals surface area contributed by atoms with Gasteiger partial charge < -0.3 is 10.5 Å². The fourth-order valence-electron chi connectivity index (χ4n) is 0.335. The molecule has 3 amide bonds. The fourth-order valence-corrected chi connectivity index (χ4v) is 0.335. The zero-order chi connectivity index (χ0) is 8.85. The van der Waals surface area contributed by atoms with Crippen LogP contribution in [0, 0.1) is 0 Å². The molecule has 0 aliphatic heterocycles. The predicted octanol–water partition coefficient (Wildman–Crippen LogP) is -0.583. The number of carbonyl (C=O) groups excluding carboxylic acids is 2. The molecule has 0 aliphatic carbocycles. The lowest BCUT2D eigenvalue weighted by Crippen LogP contribution is -2.46. The molecule has 0 heterocycles. The van der Waals surface area contributed by atoms with Crippen molar-refractivity contribution in [1.29, 1.82) is 0 Å². The number of hydrogen-bond donors (Lipinski definition) is 3. The van der Waals surface area contributed by atoms with Crippen LogP contribution in [0.15, 0.2) is 0 Å². The number of hydrazine groups is 1. The maximum absolute atomic E-state index is 10.5. The molecule has 7 heteroatoms. The van der Waals surface area contributed by atoms with E-state index >= 15 is 0 Å². The van der Waals surface area contributed by atoms with Crippen LogP contribution in [-0.4, -0.2) is 29.1 Å². The zero-order valence-electron chi connectivity index (χ0n) is 5.90. The number of carbonyl (C=O) groups is 2. The number of primary amides is 1. The number of hydroxylamine groups is 1. The first-order chi connectivity index (χ1) is 5.07. The van der Waals surface area contributed by atoms with Gasteiger partial charge in [0.1, 0.15) is 0 Å². The van der Waals surface area contributed by atoms with Gasteiger partial charge in [-0.1, -0.05) is 5.17 Å². The average Bonchev–Trinajstić information content (AvgIpc) is 1.86. The Labute approximate surface area is 62.6 Å². The summed E-state index contributed by atoms with van der Waals surface area (Å²) in [6.45, 7) is 1.65. The highest BCUT2D eigenvalue weighted by Gasteiger charge is 2.11. The van der Waals surface area contributed by atoms with E-state index < -0.39 is 12.1 Å². The molecule has 11 heavy (non-hydrogen) atoms. The van der Waals surface area contributed by atoms with E-state index in [0.29, 0.717) is 0 Å². The summed E-state index contributed by atoms with van der Waals surface area (Å²) in [5, 5.41) is 8.43. The van der Waals surface area contributed by atoms with Crippen molar-refractivity contribution in [2.24, 2.45) is 5.73 Å². The Morgan fingerprint density at radius 1 is 1.73 bits per heavy atom. The number of nitrogens with zero attached hydrogens (tertiary/aromatic N) is 1. The van der Waals surface area contributed by atoms with E-state index in [0.717, 1.165) is 0 Å². The lowest BCUT2D eigenvalue weighted by Gasteiger charge is -2.12. The largest absolute Gasteiger partial charge is 0.454 e. The number of ether oxygens (including phenoxy) is 1. The van der Waals surface area contributed by atoms with Crippen molar-refractivity contribution in [3.8, 4) is 0 Å². The zero-order valence-corrected chi connectivity index (χ0v) is 5.90. The van der Waals surface area contributed by atoms with Gasteiger partial charge in [0.15, 0.2) is 0 Å². The highest BCUT2D eigenvalue weighted by Crippen LogP contribution is 1.83. The summed E-state index contributed by atoms with van der Waals surface area (Å²) in [6.07, 6.45) is -1.09. The number of nitrogens with one attached hydrogen (secondary N) is 1. The van der Waals surface area contributed by atoms with Crippen LogP contribution in [0.5, 0.6) is 0 Å². The number of hydrogen-bond acceptors (Lipinski definition) is 4. The molecular weight excluding hydrogens is 154 g/mol. The minimum atomic E-state index is -1.09. The van der Waals surface area contributed by atoms with Gasteiger partial charge in [0.2, 0.25) is 0 Å². The van der Waals surface area contributed by atoms with Crippen LogP contribution >= 0.6 is 0 Å². The van der Waals surface area contributed by atoms with Crippen molar-refractivity contribution in [2.75, 3.05) is 6.61 Å². The Morgan fingerprint density at radius 3 is 2.64 bits per heavy atom. The second-order valence-corrected chi connectivity index (χ2v) is 1.49. The maximum atomic E-state index is 10.5. The van der Waals surface area contributed by atoms with Gasteiger partial charge in [-0.05, 0) is 6.92 Å². The van der Waals surface area contributed by atoms with Gasteiger partial charge in [-0.25, -0.2) is 15.0 Å². The molecule has 0 bridgehead atoms. The van der Waals surface area contributed by atoms with Gasteiger partial charge in [-0.3, -0.25) is 5.21 Å². The Kier molecular flexibility index (Phi) is 3.75. The summed E-state index contributed by atoms with van der Waals surface area (Å²) in [4.78, 5) is 20.5. The molecule has 0 aromatic heterocycles. The lowest BCUT2D eigenvalue weighted by atomic mass is 10.9. The van der Waals surface area contributed by atoms with Gasteiger partial charge in [0.05, 0.1) is 6.61 Å². The van der Waals surface area contributed by atoms with Crippen LogP contribution in [0.4, 0.5) is 9.59 Å². The first-order valence-corrected chi connectivity index (χ1v) is 2.79. The monoisotopic (exact) mass is 163 g/mol. The second kappa shape index (κ2) is 4.34. The Morgan fingerprint density at radius 2 is 2.27 bits per heavy atom. The smallest absolute Gasteiger partial charge is 0.447 e. The number of nitrogens with two attached hydrogens (primary N) is 1. The summed E-state index contributed by atoms with van der Waals surface area (Å²) in [7, 11) is 0. The van der Waals surface area contributed by atoms with Crippen LogP contribution in [0.3, 0.4) is 0 Å². The molecule has 0 fully saturated rings. The lowest BCUT2D eigenvalue weighted by molar-refractivity contribution is -0.0995. The van der Waals surface area contributed by atoms with E-state index in [9.17, 15) is 9.59 Å². The third-order valence-electron chi connectivity index (χ3n) is 0.657. The standard InChI is InChI=1S/C4H9N3O4/c1-2-11-4(9)7(10)6-3(5)8/h10H,2H2,1H3,(H3,5,6,8). The number of urea groups is 1. The minimum Gasteiger partial charge on any atom is -0.447 e. The van der Waals surface area contributed by atoms with Gasteiger partial charge >= 0.3 is 12.1 Å². The molecule has 0 aromatic carbocycles. The van der Waals surface area contributed by atoms with Crippen molar-refractivity contribution >= 4 is 12.1 Å². The average molecular weight is 163 g/mol. The first kappa shape index (κ1) is 9.50. The SMILES string of the molecule is CCOC(=O)N(O)NC(N)=O. The molecule has 0 atom stereocenters. The minimum absolute atomic E-state index is 0.0936. The first-order valence-electron chi connectivity index (χ1n) is 2.79. The van der Waals surface area contributed by atoms with Crippen LogP contribution < -0.4 is 11.2 Å². The van der Waals surface area contributed by atoms with E-state index in [-0.39, 0.29) is 11.8 Å². The highest BCUT2D eigenvalue weighted by molar-refractivity contribution is 5.75. The van der Waals surface area contributed by atoms with Crippen molar-refractivity contribution in [3.05, 3.63) is 0 Å². The summed E-state index contributed by atoms with van der Waals surface area (Å²) < 4.78 is 4.27. The second-order valence-electron chi connectivity index (χ2n) is 1.49. The van der Waals surface area contributed by atoms with E-state index in [2.05, 4.69) is 10.5 Å². The van der Waals surface area contributed by atoms with Crippen molar-refractivity contribution < 1.29 is 19.5 Å². The van der Waals surface area contributed by atoms with E-state index in [1.165, 1.54) is 0 Å². The van der Waals surface area contributed by atoms with Crippen LogP contribution in [0.1, 0.15) is 6.92 Å². The number of rotatable bonds is 1. The molecule has 0 saturated carbocycles. The van der Waals surface area contributed by atoms with Crippen molar-refractivity contribution in [2.45, 2.75) is 6.92 Å². The van der Waals surface area contributed by atoms with E-state index in [1.54, 1.807) is 12.3 Å². The Balaban J connectivity index is 3.73. The molecule has 0 spiro atoms. The topological polar surface area (TPSA) is 105 Å². The summed E-state index contributed by atoms with van der Waals surface area (Å²) in [5.74, 6) is 0. The van der Waals surface area contributed by atoms with Gasteiger partial charge in [0, 0.05) is 0 Å². The van der Waals surface area contributed by atoms with Gasteiger partial charge in [-0.15, -0.1) is 0 Å². The molecule has 0 radical (unpaired) electrons. The molecular formula is C4H9N3O4. The third-order valence-corrected chi connectivity index (χ3v) is 0.657. The predicted molar refractivity (Wildman–Crippen MR) is 33.4 cm³/mol. The molecule has 0 saturated heterocycles. The summed E-state index contributed by atoms with van der Waals surface area (Å²) >= 11 is 0. The van der Waals surface area contributed by atoms with E-state index in [1.807, 2.05) is 0 Å². The molecule has 0 aliphatic rings. The van der Waals surface area contributed by atoms with Crippen LogP contribution in [0.2, 0.25) is 0 Å². The quantitative estimate of drug-likeness (QED) is 0.355. The Bertz CT molecular complexity index is 159. The normalized spacial score (nSPS) is 8.55. The van der Waals surface area contributed by atoms with Crippen LogP contribution in [0.25, 0.3) is 0 Å². The number of amides is 3. The molecule has 64 valence electrons. The Hall–Kier alpha value is -1.50. The summed E-state index contributed by atoms with van der Waals surface area (Å²) in [5.41, 5.74) is 6.15. The van der Waals surface area contributed by atoms with Crippen LogP contribution in [-0.2, 0) is 4.74 Å². The molecule has 4 N–H and O–H groups in total. The highest BCUT2D eigenvalue weighted by atomic mass is 16.7. The van der Waals surface area contributed by atoms with Crippen molar-refractivity contribution in [1.82, 2.24) is 10.6 Å².